The van der Waals surface area contributed by atoms with Crippen LogP contribution in [0.1, 0.15) is 31.3 Å². The van der Waals surface area contributed by atoms with E-state index in [0.29, 0.717) is 17.5 Å². The van der Waals surface area contributed by atoms with Crippen LogP contribution in [-0.4, -0.2) is 10.1 Å². The predicted octanol–water partition coefficient (Wildman–Crippen LogP) is 3.45. The van der Waals surface area contributed by atoms with Crippen LogP contribution in [-0.2, 0) is 0 Å². The van der Waals surface area contributed by atoms with Crippen LogP contribution in [0.3, 0.4) is 0 Å². The Morgan fingerprint density at radius 2 is 2.00 bits per heavy atom. The van der Waals surface area contributed by atoms with Gasteiger partial charge >= 0.3 is 0 Å². The minimum atomic E-state index is -0.237. The molecule has 2 N–H and O–H groups in total. The molecule has 5 nitrogen and oxygen atoms in total. The SMILES string of the molecule is Cc1ccc2oc(-c3nc(C(N)C(C)C)no3)cc2c1. The number of benzene rings is 1. The van der Waals surface area contributed by atoms with Crippen LogP contribution in [0.2, 0.25) is 0 Å². The lowest BCUT2D eigenvalue weighted by Gasteiger charge is -2.09. The van der Waals surface area contributed by atoms with Crippen LogP contribution in [0.4, 0.5) is 0 Å². The van der Waals surface area contributed by atoms with Gasteiger partial charge in [-0.25, -0.2) is 0 Å². The molecule has 104 valence electrons. The molecule has 1 aromatic carbocycles. The summed E-state index contributed by atoms with van der Waals surface area (Å²) in [7, 11) is 0. The van der Waals surface area contributed by atoms with Gasteiger partial charge in [0.15, 0.2) is 11.6 Å². The minimum Gasteiger partial charge on any atom is -0.451 e. The average Bonchev–Trinajstić information content (AvgIpc) is 3.02. The van der Waals surface area contributed by atoms with E-state index in [1.54, 1.807) is 0 Å². The van der Waals surface area contributed by atoms with Crippen molar-refractivity contribution in [3.05, 3.63) is 35.7 Å². The summed E-state index contributed by atoms with van der Waals surface area (Å²) in [5.74, 6) is 1.69. The summed E-state index contributed by atoms with van der Waals surface area (Å²) in [5, 5.41) is 4.95. The van der Waals surface area contributed by atoms with Crippen LogP contribution in [0, 0.1) is 12.8 Å². The number of hydrogen-bond donors (Lipinski definition) is 1. The third-order valence-electron chi connectivity index (χ3n) is 3.34. The summed E-state index contributed by atoms with van der Waals surface area (Å²) in [5.41, 5.74) is 7.99. The highest BCUT2D eigenvalue weighted by Crippen LogP contribution is 2.28. The Morgan fingerprint density at radius 1 is 1.20 bits per heavy atom. The maximum atomic E-state index is 6.01. The first kappa shape index (κ1) is 12.9. The Labute approximate surface area is 116 Å². The van der Waals surface area contributed by atoms with Crippen LogP contribution >= 0.6 is 0 Å². The number of fused-ring (bicyclic) bond motifs is 1. The molecule has 1 atom stereocenters. The molecule has 0 saturated heterocycles. The molecule has 0 radical (unpaired) electrons. The second-order valence-electron chi connectivity index (χ2n) is 5.38. The Hall–Kier alpha value is -2.14. The third-order valence-corrected chi connectivity index (χ3v) is 3.34. The van der Waals surface area contributed by atoms with E-state index in [4.69, 9.17) is 14.7 Å². The second kappa shape index (κ2) is 4.76. The molecule has 2 aromatic heterocycles. The number of hydrogen-bond acceptors (Lipinski definition) is 5. The zero-order valence-electron chi connectivity index (χ0n) is 11.8. The Balaban J connectivity index is 1.99. The molecule has 20 heavy (non-hydrogen) atoms. The highest BCUT2D eigenvalue weighted by Gasteiger charge is 2.20. The monoisotopic (exact) mass is 271 g/mol. The Bertz CT molecular complexity index is 742. The van der Waals surface area contributed by atoms with E-state index >= 15 is 0 Å². The van der Waals surface area contributed by atoms with Crippen LogP contribution in [0.25, 0.3) is 22.6 Å². The molecule has 0 amide bonds. The van der Waals surface area contributed by atoms with E-state index in [1.807, 2.05) is 39.0 Å². The van der Waals surface area contributed by atoms with Crippen molar-refractivity contribution in [3.63, 3.8) is 0 Å². The van der Waals surface area contributed by atoms with Gasteiger partial charge in [-0.2, -0.15) is 4.98 Å². The molecule has 0 spiro atoms. The van der Waals surface area contributed by atoms with Gasteiger partial charge in [0.2, 0.25) is 0 Å². The molecule has 1 unspecified atom stereocenters. The number of rotatable bonds is 3. The Kier molecular flexibility index (Phi) is 3.06. The van der Waals surface area contributed by atoms with Crippen molar-refractivity contribution < 1.29 is 8.94 Å². The van der Waals surface area contributed by atoms with Gasteiger partial charge in [-0.15, -0.1) is 0 Å². The lowest BCUT2D eigenvalue weighted by atomic mass is 10.1. The topological polar surface area (TPSA) is 78.1 Å². The quantitative estimate of drug-likeness (QED) is 0.789. The fraction of sp³-hybridized carbons (Fsp3) is 0.333. The normalized spacial score (nSPS) is 13.2. The second-order valence-corrected chi connectivity index (χ2v) is 5.38. The van der Waals surface area contributed by atoms with E-state index in [2.05, 4.69) is 16.2 Å². The van der Waals surface area contributed by atoms with E-state index in [9.17, 15) is 0 Å². The van der Waals surface area contributed by atoms with E-state index in [1.165, 1.54) is 5.56 Å². The summed E-state index contributed by atoms with van der Waals surface area (Å²) in [6, 6.07) is 7.66. The van der Waals surface area contributed by atoms with Gasteiger partial charge in [0.05, 0.1) is 6.04 Å². The van der Waals surface area contributed by atoms with Crippen molar-refractivity contribution in [2.24, 2.45) is 11.7 Å². The molecule has 0 fully saturated rings. The predicted molar refractivity (Wildman–Crippen MR) is 76.0 cm³/mol. The summed E-state index contributed by atoms with van der Waals surface area (Å²) < 4.78 is 11.0. The number of furan rings is 1. The van der Waals surface area contributed by atoms with Gasteiger partial charge in [-0.05, 0) is 31.0 Å². The van der Waals surface area contributed by atoms with Gasteiger partial charge in [-0.3, -0.25) is 0 Å². The Morgan fingerprint density at radius 3 is 2.75 bits per heavy atom. The lowest BCUT2D eigenvalue weighted by molar-refractivity contribution is 0.393. The largest absolute Gasteiger partial charge is 0.451 e. The van der Waals surface area contributed by atoms with E-state index < -0.39 is 0 Å². The molecule has 0 aliphatic heterocycles. The summed E-state index contributed by atoms with van der Waals surface area (Å²) in [6.45, 7) is 6.08. The van der Waals surface area contributed by atoms with Gasteiger partial charge in [0, 0.05) is 5.39 Å². The molecular formula is C15H17N3O2. The van der Waals surface area contributed by atoms with E-state index in [0.717, 1.165) is 11.0 Å². The smallest absolute Gasteiger partial charge is 0.293 e. The van der Waals surface area contributed by atoms with Gasteiger partial charge < -0.3 is 14.7 Å². The molecular weight excluding hydrogens is 254 g/mol. The van der Waals surface area contributed by atoms with Crippen molar-refractivity contribution in [2.45, 2.75) is 26.8 Å². The van der Waals surface area contributed by atoms with Gasteiger partial charge in [0.1, 0.15) is 5.58 Å². The molecule has 0 bridgehead atoms. The highest BCUT2D eigenvalue weighted by atomic mass is 16.5. The maximum absolute atomic E-state index is 6.01. The number of aromatic nitrogens is 2. The number of nitrogens with zero attached hydrogens (tertiary/aromatic N) is 2. The van der Waals surface area contributed by atoms with Crippen molar-refractivity contribution in [2.75, 3.05) is 0 Å². The van der Waals surface area contributed by atoms with Crippen molar-refractivity contribution in [1.82, 2.24) is 10.1 Å². The summed E-state index contributed by atoms with van der Waals surface area (Å²) in [6.07, 6.45) is 0. The van der Waals surface area contributed by atoms with Gasteiger partial charge in [-0.1, -0.05) is 30.6 Å². The standard InChI is InChI=1S/C15H17N3O2/c1-8(2)13(16)14-17-15(20-18-14)12-7-10-6-9(3)4-5-11(10)19-12/h4-8,13H,16H2,1-3H3. The number of aryl methyl sites for hydroxylation is 1. The molecule has 0 aliphatic rings. The number of nitrogens with two attached hydrogens (primary N) is 1. The van der Waals surface area contributed by atoms with Crippen molar-refractivity contribution >= 4 is 11.0 Å². The van der Waals surface area contributed by atoms with Crippen molar-refractivity contribution in [1.29, 1.82) is 0 Å². The summed E-state index contributed by atoms with van der Waals surface area (Å²) >= 11 is 0. The van der Waals surface area contributed by atoms with Crippen LogP contribution in [0.5, 0.6) is 0 Å². The van der Waals surface area contributed by atoms with Gasteiger partial charge in [0.25, 0.3) is 5.89 Å². The lowest BCUT2D eigenvalue weighted by Crippen LogP contribution is -2.18. The fourth-order valence-electron chi connectivity index (χ4n) is 2.04. The molecule has 5 heteroatoms. The first-order chi connectivity index (χ1) is 9.54. The maximum Gasteiger partial charge on any atom is 0.293 e. The van der Waals surface area contributed by atoms with E-state index in [-0.39, 0.29) is 12.0 Å². The first-order valence-electron chi connectivity index (χ1n) is 6.64. The molecule has 0 aliphatic carbocycles. The molecule has 0 saturated carbocycles. The zero-order valence-corrected chi connectivity index (χ0v) is 11.8. The molecule has 2 heterocycles. The zero-order chi connectivity index (χ0) is 14.3. The average molecular weight is 271 g/mol. The molecule has 3 rings (SSSR count). The van der Waals surface area contributed by atoms with Crippen LogP contribution < -0.4 is 5.73 Å². The van der Waals surface area contributed by atoms with Crippen LogP contribution in [0.15, 0.2) is 33.2 Å². The third kappa shape index (κ3) is 2.20. The fourth-order valence-corrected chi connectivity index (χ4v) is 2.04. The first-order valence-corrected chi connectivity index (χ1v) is 6.64. The minimum absolute atomic E-state index is 0.237. The van der Waals surface area contributed by atoms with Crippen molar-refractivity contribution in [3.8, 4) is 11.7 Å². The molecule has 3 aromatic rings. The summed E-state index contributed by atoms with van der Waals surface area (Å²) in [4.78, 5) is 4.32. The highest BCUT2D eigenvalue weighted by molar-refractivity contribution is 5.82.